The number of anilines is 1. The van der Waals surface area contributed by atoms with Crippen molar-refractivity contribution >= 4 is 11.6 Å². The fourth-order valence-electron chi connectivity index (χ4n) is 3.23. The first kappa shape index (κ1) is 18.9. The Balaban J connectivity index is 1.69. The molecule has 0 aliphatic carbocycles. The van der Waals surface area contributed by atoms with E-state index in [1.54, 1.807) is 6.26 Å². The van der Waals surface area contributed by atoms with Gasteiger partial charge in [-0.15, -0.1) is 0 Å². The molecule has 1 heterocycles. The van der Waals surface area contributed by atoms with Gasteiger partial charge in [0.2, 0.25) is 0 Å². The normalized spacial score (nSPS) is 13.1. The minimum absolute atomic E-state index is 0.0155. The summed E-state index contributed by atoms with van der Waals surface area (Å²) in [5.41, 5.74) is 3.19. The molecule has 3 rings (SSSR count). The Morgan fingerprint density at radius 2 is 1.78 bits per heavy atom. The van der Waals surface area contributed by atoms with Crippen molar-refractivity contribution in [1.29, 1.82) is 0 Å². The number of carbonyl (C=O) groups is 1. The van der Waals surface area contributed by atoms with Crippen molar-refractivity contribution in [2.45, 2.75) is 32.2 Å². The number of carbonyl (C=O) groups excluding carboxylic acids is 1. The molecule has 1 aromatic heterocycles. The summed E-state index contributed by atoms with van der Waals surface area (Å²) < 4.78 is 5.60. The zero-order chi connectivity index (χ0) is 19.1. The van der Waals surface area contributed by atoms with Crippen LogP contribution in [-0.4, -0.2) is 12.5 Å². The van der Waals surface area contributed by atoms with Gasteiger partial charge >= 0.3 is 0 Å². The minimum Gasteiger partial charge on any atom is -0.463 e. The molecule has 3 aromatic rings. The number of quaternary nitrogens is 1. The Labute approximate surface area is 160 Å². The van der Waals surface area contributed by atoms with Crippen molar-refractivity contribution in [3.8, 4) is 0 Å². The van der Waals surface area contributed by atoms with Crippen molar-refractivity contribution in [2.75, 3.05) is 11.9 Å². The SMILES string of the molecule is CC[C@H](C)c1ccccc1NC(=O)C[NH2+][C@@H](c1ccccc1)c1ccco1. The number of furan rings is 1. The lowest BCUT2D eigenvalue weighted by Gasteiger charge is -2.17. The molecule has 2 atom stereocenters. The third-order valence-corrected chi connectivity index (χ3v) is 4.93. The molecule has 2 aromatic carbocycles. The van der Waals surface area contributed by atoms with Crippen molar-refractivity contribution < 1.29 is 14.5 Å². The molecule has 0 bridgehead atoms. The van der Waals surface area contributed by atoms with Crippen LogP contribution in [0.25, 0.3) is 0 Å². The van der Waals surface area contributed by atoms with Crippen LogP contribution in [0, 0.1) is 0 Å². The van der Waals surface area contributed by atoms with E-state index in [0.29, 0.717) is 12.5 Å². The third-order valence-electron chi connectivity index (χ3n) is 4.93. The topological polar surface area (TPSA) is 58.9 Å². The third kappa shape index (κ3) is 4.86. The number of benzene rings is 2. The standard InChI is InChI=1S/C23H26N2O2/c1-3-17(2)19-12-7-8-13-20(19)25-22(26)16-24-23(21-14-9-15-27-21)18-10-5-4-6-11-18/h4-15,17,23-24H,3,16H2,1-2H3,(H,25,26)/p+1/t17-,23-/m0/s1. The number of hydrogen-bond acceptors (Lipinski definition) is 2. The van der Waals surface area contributed by atoms with Crippen molar-refractivity contribution in [3.05, 3.63) is 89.9 Å². The van der Waals surface area contributed by atoms with Crippen LogP contribution >= 0.6 is 0 Å². The molecule has 0 radical (unpaired) electrons. The number of nitrogens with one attached hydrogen (secondary N) is 1. The molecule has 4 heteroatoms. The lowest BCUT2D eigenvalue weighted by Crippen LogP contribution is -2.87. The first-order valence-corrected chi connectivity index (χ1v) is 9.49. The van der Waals surface area contributed by atoms with Gasteiger partial charge in [0.15, 0.2) is 18.3 Å². The zero-order valence-electron chi connectivity index (χ0n) is 15.9. The average molecular weight is 363 g/mol. The van der Waals surface area contributed by atoms with Crippen LogP contribution in [0.2, 0.25) is 0 Å². The predicted molar refractivity (Wildman–Crippen MR) is 108 cm³/mol. The number of rotatable bonds is 8. The summed E-state index contributed by atoms with van der Waals surface area (Å²) in [5.74, 6) is 1.23. The molecule has 0 saturated heterocycles. The van der Waals surface area contributed by atoms with E-state index in [0.717, 1.165) is 23.4 Å². The molecular formula is C23H27N2O2+. The van der Waals surface area contributed by atoms with Gasteiger partial charge in [0.05, 0.1) is 6.26 Å². The molecule has 0 unspecified atom stereocenters. The minimum atomic E-state index is -0.0447. The van der Waals surface area contributed by atoms with E-state index in [2.05, 4.69) is 37.4 Å². The van der Waals surface area contributed by atoms with Crippen LogP contribution in [0.4, 0.5) is 5.69 Å². The molecule has 0 fully saturated rings. The summed E-state index contributed by atoms with van der Waals surface area (Å²) >= 11 is 0. The van der Waals surface area contributed by atoms with Crippen molar-refractivity contribution in [1.82, 2.24) is 0 Å². The highest BCUT2D eigenvalue weighted by Crippen LogP contribution is 2.26. The fourth-order valence-corrected chi connectivity index (χ4v) is 3.23. The van der Waals surface area contributed by atoms with Gasteiger partial charge in [-0.05, 0) is 36.1 Å². The predicted octanol–water partition coefficient (Wildman–Crippen LogP) is 4.08. The first-order valence-electron chi connectivity index (χ1n) is 9.49. The summed E-state index contributed by atoms with van der Waals surface area (Å²) in [4.78, 5) is 12.6. The van der Waals surface area contributed by atoms with Crippen molar-refractivity contribution in [2.24, 2.45) is 0 Å². The number of para-hydroxylation sites is 1. The first-order chi connectivity index (χ1) is 13.2. The second kappa shape index (κ2) is 9.19. The molecule has 4 nitrogen and oxygen atoms in total. The molecular weight excluding hydrogens is 336 g/mol. The maximum Gasteiger partial charge on any atom is 0.279 e. The van der Waals surface area contributed by atoms with Gasteiger partial charge in [0.1, 0.15) is 0 Å². The van der Waals surface area contributed by atoms with E-state index in [1.165, 1.54) is 5.56 Å². The summed E-state index contributed by atoms with van der Waals surface area (Å²) in [6.07, 6.45) is 2.70. The summed E-state index contributed by atoms with van der Waals surface area (Å²) in [6, 6.07) is 21.9. The van der Waals surface area contributed by atoms with E-state index in [4.69, 9.17) is 4.42 Å². The van der Waals surface area contributed by atoms with E-state index in [9.17, 15) is 4.79 Å². The Kier molecular flexibility index (Phi) is 6.44. The average Bonchev–Trinajstić information content (AvgIpc) is 3.23. The summed E-state index contributed by atoms with van der Waals surface area (Å²) in [7, 11) is 0. The summed E-state index contributed by atoms with van der Waals surface area (Å²) in [5, 5.41) is 5.09. The van der Waals surface area contributed by atoms with E-state index in [1.807, 2.05) is 53.8 Å². The van der Waals surface area contributed by atoms with Crippen LogP contribution in [0.1, 0.15) is 49.1 Å². The Hall–Kier alpha value is -2.85. The van der Waals surface area contributed by atoms with E-state index < -0.39 is 0 Å². The quantitative estimate of drug-likeness (QED) is 0.633. The van der Waals surface area contributed by atoms with E-state index >= 15 is 0 Å². The lowest BCUT2D eigenvalue weighted by molar-refractivity contribution is -0.678. The molecule has 27 heavy (non-hydrogen) atoms. The summed E-state index contributed by atoms with van der Waals surface area (Å²) in [6.45, 7) is 4.65. The molecule has 0 saturated carbocycles. The van der Waals surface area contributed by atoms with E-state index in [-0.39, 0.29) is 11.9 Å². The van der Waals surface area contributed by atoms with Crippen molar-refractivity contribution in [3.63, 3.8) is 0 Å². The van der Waals surface area contributed by atoms with Crippen LogP contribution in [-0.2, 0) is 4.79 Å². The maximum absolute atomic E-state index is 12.6. The van der Waals surface area contributed by atoms with Crippen LogP contribution in [0.3, 0.4) is 0 Å². The van der Waals surface area contributed by atoms with Gasteiger partial charge in [-0.2, -0.15) is 0 Å². The molecule has 0 spiro atoms. The van der Waals surface area contributed by atoms with Gasteiger partial charge < -0.3 is 15.1 Å². The highest BCUT2D eigenvalue weighted by molar-refractivity contribution is 5.92. The van der Waals surface area contributed by atoms with Gasteiger partial charge in [0, 0.05) is 11.3 Å². The Morgan fingerprint density at radius 3 is 2.48 bits per heavy atom. The number of nitrogens with two attached hydrogens (primary N) is 1. The zero-order valence-corrected chi connectivity index (χ0v) is 15.9. The second-order valence-corrected chi connectivity index (χ2v) is 6.79. The number of hydrogen-bond donors (Lipinski definition) is 2. The monoisotopic (exact) mass is 363 g/mol. The second-order valence-electron chi connectivity index (χ2n) is 6.79. The molecule has 1 amide bonds. The molecule has 0 aliphatic rings. The van der Waals surface area contributed by atoms with Gasteiger partial charge in [-0.3, -0.25) is 4.79 Å². The largest absolute Gasteiger partial charge is 0.463 e. The highest BCUT2D eigenvalue weighted by Gasteiger charge is 2.21. The molecule has 0 aliphatic heterocycles. The molecule has 3 N–H and O–H groups in total. The maximum atomic E-state index is 12.6. The van der Waals surface area contributed by atoms with Gasteiger partial charge in [0.25, 0.3) is 5.91 Å². The highest BCUT2D eigenvalue weighted by atomic mass is 16.3. The van der Waals surface area contributed by atoms with Gasteiger partial charge in [-0.1, -0.05) is 62.4 Å². The van der Waals surface area contributed by atoms with Crippen LogP contribution in [0.5, 0.6) is 0 Å². The van der Waals surface area contributed by atoms with Gasteiger partial charge in [-0.25, -0.2) is 0 Å². The Morgan fingerprint density at radius 1 is 1.04 bits per heavy atom. The van der Waals surface area contributed by atoms with Crippen LogP contribution in [0.15, 0.2) is 77.4 Å². The smallest absolute Gasteiger partial charge is 0.279 e. The number of amides is 1. The molecule has 140 valence electrons. The lowest BCUT2D eigenvalue weighted by atomic mass is 9.97. The van der Waals surface area contributed by atoms with Crippen LogP contribution < -0.4 is 10.6 Å². The fraction of sp³-hybridized carbons (Fsp3) is 0.261. The Bertz CT molecular complexity index is 844.